The molecule has 1 aliphatic rings. The maximum Gasteiger partial charge on any atom is 0.244 e. The van der Waals surface area contributed by atoms with E-state index in [1.807, 2.05) is 41.2 Å². The second-order valence-corrected chi connectivity index (χ2v) is 5.30. The lowest BCUT2D eigenvalue weighted by molar-refractivity contribution is -0.133. The molecule has 2 aromatic heterocycles. The van der Waals surface area contributed by atoms with E-state index in [0.29, 0.717) is 12.5 Å². The quantitative estimate of drug-likeness (QED) is 0.839. The molecule has 2 aromatic rings. The van der Waals surface area contributed by atoms with Gasteiger partial charge in [-0.3, -0.25) is 14.2 Å². The Labute approximate surface area is 118 Å². The van der Waals surface area contributed by atoms with Crippen LogP contribution in [0.2, 0.25) is 0 Å². The summed E-state index contributed by atoms with van der Waals surface area (Å²) in [6.07, 6.45) is 7.60. The summed E-state index contributed by atoms with van der Waals surface area (Å²) in [4.78, 5) is 14.2. The Balaban J connectivity index is 1.64. The highest BCUT2D eigenvalue weighted by atomic mass is 16.2. The summed E-state index contributed by atoms with van der Waals surface area (Å²) >= 11 is 0. The Kier molecular flexibility index (Phi) is 3.54. The maximum absolute atomic E-state index is 12.3. The molecule has 0 bridgehead atoms. The molecule has 1 atom stereocenters. The monoisotopic (exact) mass is 273 g/mol. The minimum absolute atomic E-state index is 0.134. The summed E-state index contributed by atoms with van der Waals surface area (Å²) < 4.78 is 3.49. The van der Waals surface area contributed by atoms with Crippen LogP contribution >= 0.6 is 0 Å². The average Bonchev–Trinajstić information content (AvgIpc) is 3.10. The second-order valence-electron chi connectivity index (χ2n) is 5.30. The van der Waals surface area contributed by atoms with Gasteiger partial charge in [-0.15, -0.1) is 0 Å². The zero-order chi connectivity index (χ0) is 13.9. The molecule has 0 spiro atoms. The highest BCUT2D eigenvalue weighted by Gasteiger charge is 2.26. The summed E-state index contributed by atoms with van der Waals surface area (Å²) in [5.74, 6) is 0.487. The van der Waals surface area contributed by atoms with E-state index < -0.39 is 0 Å². The van der Waals surface area contributed by atoms with Crippen LogP contribution in [0.4, 0.5) is 0 Å². The van der Waals surface area contributed by atoms with Gasteiger partial charge in [0, 0.05) is 44.6 Å². The molecule has 1 aliphatic heterocycles. The molecule has 6 nitrogen and oxygen atoms in total. The molecule has 1 saturated heterocycles. The van der Waals surface area contributed by atoms with E-state index in [-0.39, 0.29) is 5.91 Å². The van der Waals surface area contributed by atoms with Crippen molar-refractivity contribution in [2.75, 3.05) is 13.1 Å². The van der Waals surface area contributed by atoms with Crippen LogP contribution in [0.5, 0.6) is 0 Å². The molecule has 3 rings (SSSR count). The number of likely N-dealkylation sites (tertiary alicyclic amines) is 1. The fraction of sp³-hybridized carbons (Fsp3) is 0.500. The summed E-state index contributed by atoms with van der Waals surface area (Å²) in [6.45, 7) is 1.92. The third-order valence-corrected chi connectivity index (χ3v) is 3.78. The normalized spacial score (nSPS) is 19.2. The Morgan fingerprint density at radius 1 is 1.45 bits per heavy atom. The number of amides is 1. The van der Waals surface area contributed by atoms with Gasteiger partial charge in [-0.2, -0.15) is 10.2 Å². The Hall–Kier alpha value is -2.11. The molecule has 0 radical (unpaired) electrons. The van der Waals surface area contributed by atoms with Crippen LogP contribution in [0.3, 0.4) is 0 Å². The smallest absolute Gasteiger partial charge is 0.244 e. The largest absolute Gasteiger partial charge is 0.340 e. The molecule has 106 valence electrons. The molecule has 6 heteroatoms. The molecule has 0 N–H and O–H groups in total. The van der Waals surface area contributed by atoms with Gasteiger partial charge in [-0.05, 0) is 25.0 Å². The second kappa shape index (κ2) is 5.48. The Bertz CT molecular complexity index is 574. The first-order chi connectivity index (χ1) is 9.72. The highest BCUT2D eigenvalue weighted by molar-refractivity contribution is 5.76. The van der Waals surface area contributed by atoms with Crippen molar-refractivity contribution < 1.29 is 4.79 Å². The molecule has 0 unspecified atom stereocenters. The van der Waals surface area contributed by atoms with Crippen LogP contribution in [0, 0.1) is 0 Å². The van der Waals surface area contributed by atoms with Crippen molar-refractivity contribution in [1.82, 2.24) is 24.5 Å². The SMILES string of the molecule is Cn1ccc([C@@H]2CCCN(C(=O)Cn3cccn3)C2)n1. The van der Waals surface area contributed by atoms with Crippen LogP contribution in [-0.2, 0) is 18.4 Å². The van der Waals surface area contributed by atoms with E-state index in [4.69, 9.17) is 0 Å². The van der Waals surface area contributed by atoms with Crippen LogP contribution in [0.25, 0.3) is 0 Å². The lowest BCUT2D eigenvalue weighted by Gasteiger charge is -2.32. The number of rotatable bonds is 3. The highest BCUT2D eigenvalue weighted by Crippen LogP contribution is 2.25. The molecule has 0 saturated carbocycles. The Morgan fingerprint density at radius 2 is 2.35 bits per heavy atom. The first-order valence-corrected chi connectivity index (χ1v) is 6.97. The van der Waals surface area contributed by atoms with E-state index >= 15 is 0 Å². The van der Waals surface area contributed by atoms with Gasteiger partial charge in [0.05, 0.1) is 5.69 Å². The van der Waals surface area contributed by atoms with Crippen molar-refractivity contribution in [2.45, 2.75) is 25.3 Å². The number of carbonyl (C=O) groups excluding carboxylic acids is 1. The lowest BCUT2D eigenvalue weighted by Crippen LogP contribution is -2.41. The molecule has 0 aromatic carbocycles. The summed E-state index contributed by atoms with van der Waals surface area (Å²) in [5, 5.41) is 8.55. The number of aryl methyl sites for hydroxylation is 1. The van der Waals surface area contributed by atoms with Gasteiger partial charge < -0.3 is 4.90 Å². The van der Waals surface area contributed by atoms with E-state index in [2.05, 4.69) is 10.2 Å². The van der Waals surface area contributed by atoms with Crippen molar-refractivity contribution in [3.8, 4) is 0 Å². The summed E-state index contributed by atoms with van der Waals surface area (Å²) in [6, 6.07) is 3.88. The van der Waals surface area contributed by atoms with Crippen molar-refractivity contribution in [3.05, 3.63) is 36.4 Å². The van der Waals surface area contributed by atoms with Gasteiger partial charge in [0.15, 0.2) is 0 Å². The number of carbonyl (C=O) groups is 1. The van der Waals surface area contributed by atoms with Gasteiger partial charge in [-0.1, -0.05) is 0 Å². The van der Waals surface area contributed by atoms with Gasteiger partial charge in [-0.25, -0.2) is 0 Å². The molecule has 1 amide bonds. The molecule has 0 aliphatic carbocycles. The van der Waals surface area contributed by atoms with Gasteiger partial charge in [0.25, 0.3) is 0 Å². The van der Waals surface area contributed by atoms with Crippen molar-refractivity contribution >= 4 is 5.91 Å². The number of hydrogen-bond acceptors (Lipinski definition) is 3. The number of aromatic nitrogens is 4. The molecule has 3 heterocycles. The number of piperidine rings is 1. The van der Waals surface area contributed by atoms with Gasteiger partial charge >= 0.3 is 0 Å². The molecular formula is C14H19N5O. The maximum atomic E-state index is 12.3. The fourth-order valence-electron chi connectivity index (χ4n) is 2.73. The summed E-state index contributed by atoms with van der Waals surface area (Å²) in [5.41, 5.74) is 1.09. The van der Waals surface area contributed by atoms with Crippen LogP contribution < -0.4 is 0 Å². The van der Waals surface area contributed by atoms with Crippen molar-refractivity contribution in [2.24, 2.45) is 7.05 Å². The predicted molar refractivity (Wildman–Crippen MR) is 74.0 cm³/mol. The predicted octanol–water partition coefficient (Wildman–Crippen LogP) is 1.02. The minimum Gasteiger partial charge on any atom is -0.340 e. The zero-order valence-electron chi connectivity index (χ0n) is 11.6. The Morgan fingerprint density at radius 3 is 3.05 bits per heavy atom. The molecule has 1 fully saturated rings. The van der Waals surface area contributed by atoms with Gasteiger partial charge in [0.1, 0.15) is 6.54 Å². The minimum atomic E-state index is 0.134. The molecular weight excluding hydrogens is 254 g/mol. The number of hydrogen-bond donors (Lipinski definition) is 0. The topological polar surface area (TPSA) is 56.0 Å². The van der Waals surface area contributed by atoms with E-state index in [1.54, 1.807) is 10.9 Å². The number of nitrogens with zero attached hydrogens (tertiary/aromatic N) is 5. The van der Waals surface area contributed by atoms with E-state index in [0.717, 1.165) is 31.6 Å². The summed E-state index contributed by atoms with van der Waals surface area (Å²) in [7, 11) is 1.92. The molecule has 20 heavy (non-hydrogen) atoms. The van der Waals surface area contributed by atoms with Crippen LogP contribution in [-0.4, -0.2) is 43.5 Å². The van der Waals surface area contributed by atoms with E-state index in [9.17, 15) is 4.79 Å². The zero-order valence-corrected chi connectivity index (χ0v) is 11.6. The van der Waals surface area contributed by atoms with Crippen molar-refractivity contribution in [3.63, 3.8) is 0 Å². The third kappa shape index (κ3) is 2.74. The average molecular weight is 273 g/mol. The van der Waals surface area contributed by atoms with Crippen LogP contribution in [0.15, 0.2) is 30.7 Å². The third-order valence-electron chi connectivity index (χ3n) is 3.78. The van der Waals surface area contributed by atoms with Crippen LogP contribution in [0.1, 0.15) is 24.5 Å². The van der Waals surface area contributed by atoms with E-state index in [1.165, 1.54) is 0 Å². The lowest BCUT2D eigenvalue weighted by atomic mass is 9.95. The first-order valence-electron chi connectivity index (χ1n) is 6.97. The van der Waals surface area contributed by atoms with Crippen molar-refractivity contribution in [1.29, 1.82) is 0 Å². The van der Waals surface area contributed by atoms with Gasteiger partial charge in [0.2, 0.25) is 5.91 Å². The first kappa shape index (κ1) is 12.9. The standard InChI is InChI=1S/C14H19N5O/c1-17-9-5-13(16-17)12-4-2-7-18(10-12)14(20)11-19-8-3-6-15-19/h3,5-6,8-9,12H,2,4,7,10-11H2,1H3/t12-/m1/s1. The fourth-order valence-corrected chi connectivity index (χ4v) is 2.73.